The predicted molar refractivity (Wildman–Crippen MR) is 66.7 cm³/mol. The number of aromatic nitrogens is 1. The van der Waals surface area contributed by atoms with Gasteiger partial charge < -0.3 is 15.4 Å². The Bertz CT molecular complexity index is 482. The summed E-state index contributed by atoms with van der Waals surface area (Å²) in [7, 11) is -3.68. The average molecular weight is 272 g/mol. The van der Waals surface area contributed by atoms with E-state index in [1.807, 2.05) is 0 Å². The molecule has 0 amide bonds. The summed E-state index contributed by atoms with van der Waals surface area (Å²) in [5.41, 5.74) is 0. The first-order chi connectivity index (χ1) is 8.55. The second-order valence-corrected chi connectivity index (χ2v) is 5.59. The van der Waals surface area contributed by atoms with Crippen LogP contribution in [0.25, 0.3) is 0 Å². The van der Waals surface area contributed by atoms with Crippen LogP contribution in [-0.2, 0) is 14.8 Å². The van der Waals surface area contributed by atoms with E-state index in [1.165, 1.54) is 12.3 Å². The third-order valence-corrected chi connectivity index (χ3v) is 3.49. The summed E-state index contributed by atoms with van der Waals surface area (Å²) in [5.74, 6) is 0.606. The standard InChI is InChI=1S/C10H16N4O3S/c11-18(15,16)9-1-2-10(14-6-9)13-5-8-7-17-4-3-12-8/h1-2,6,8,12H,3-5,7H2,(H,13,14)(H2,11,15,16). The smallest absolute Gasteiger partial charge is 0.239 e. The number of primary sulfonamides is 1. The molecule has 100 valence electrons. The maximum Gasteiger partial charge on any atom is 0.239 e. The van der Waals surface area contributed by atoms with Crippen LogP contribution in [0.15, 0.2) is 23.2 Å². The van der Waals surface area contributed by atoms with E-state index < -0.39 is 10.0 Å². The quantitative estimate of drug-likeness (QED) is 0.658. The van der Waals surface area contributed by atoms with E-state index in [9.17, 15) is 8.42 Å². The van der Waals surface area contributed by atoms with Crippen LogP contribution in [0, 0.1) is 0 Å². The first kappa shape index (κ1) is 13.2. The van der Waals surface area contributed by atoms with Crippen LogP contribution in [0.2, 0.25) is 0 Å². The molecule has 1 unspecified atom stereocenters. The average Bonchev–Trinajstić information content (AvgIpc) is 2.37. The van der Waals surface area contributed by atoms with Gasteiger partial charge >= 0.3 is 0 Å². The zero-order valence-corrected chi connectivity index (χ0v) is 10.6. The minimum absolute atomic E-state index is 0.00664. The van der Waals surface area contributed by atoms with Crippen LogP contribution in [0.1, 0.15) is 0 Å². The maximum atomic E-state index is 11.0. The van der Waals surface area contributed by atoms with Crippen molar-refractivity contribution in [2.24, 2.45) is 5.14 Å². The van der Waals surface area contributed by atoms with Gasteiger partial charge in [-0.2, -0.15) is 0 Å². The van der Waals surface area contributed by atoms with E-state index in [1.54, 1.807) is 6.07 Å². The SMILES string of the molecule is NS(=O)(=O)c1ccc(NCC2COCCN2)nc1. The third-order valence-electron chi connectivity index (χ3n) is 2.59. The van der Waals surface area contributed by atoms with Crippen LogP contribution in [0.3, 0.4) is 0 Å². The summed E-state index contributed by atoms with van der Waals surface area (Å²) in [6.07, 6.45) is 1.24. The number of morpholine rings is 1. The number of rotatable bonds is 4. The Balaban J connectivity index is 1.90. The number of ether oxygens (including phenoxy) is 1. The lowest BCUT2D eigenvalue weighted by Gasteiger charge is -2.24. The molecule has 0 aromatic carbocycles. The number of nitrogens with two attached hydrogens (primary N) is 1. The van der Waals surface area contributed by atoms with Gasteiger partial charge in [0.25, 0.3) is 0 Å². The molecule has 0 aliphatic carbocycles. The van der Waals surface area contributed by atoms with E-state index in [4.69, 9.17) is 9.88 Å². The molecule has 4 N–H and O–H groups in total. The number of hydrogen-bond acceptors (Lipinski definition) is 6. The largest absolute Gasteiger partial charge is 0.378 e. The number of sulfonamides is 1. The zero-order chi connectivity index (χ0) is 13.0. The molecule has 8 heteroatoms. The van der Waals surface area contributed by atoms with E-state index >= 15 is 0 Å². The van der Waals surface area contributed by atoms with E-state index in [-0.39, 0.29) is 10.9 Å². The Morgan fingerprint density at radius 3 is 2.94 bits per heavy atom. The van der Waals surface area contributed by atoms with Crippen molar-refractivity contribution < 1.29 is 13.2 Å². The van der Waals surface area contributed by atoms with Crippen molar-refractivity contribution in [3.8, 4) is 0 Å². The number of pyridine rings is 1. The monoisotopic (exact) mass is 272 g/mol. The number of anilines is 1. The molecule has 2 heterocycles. The number of nitrogens with zero attached hydrogens (tertiary/aromatic N) is 1. The predicted octanol–water partition coefficient (Wildman–Crippen LogP) is -0.871. The molecule has 7 nitrogen and oxygen atoms in total. The second-order valence-electron chi connectivity index (χ2n) is 4.03. The normalized spacial score (nSPS) is 20.6. The number of hydrogen-bond donors (Lipinski definition) is 3. The fourth-order valence-corrected chi connectivity index (χ4v) is 2.09. The van der Waals surface area contributed by atoms with Crippen LogP contribution in [0.4, 0.5) is 5.82 Å². The molecule has 0 spiro atoms. The van der Waals surface area contributed by atoms with Crippen molar-refractivity contribution in [3.05, 3.63) is 18.3 Å². The minimum atomic E-state index is -3.68. The minimum Gasteiger partial charge on any atom is -0.378 e. The van der Waals surface area contributed by atoms with Crippen molar-refractivity contribution >= 4 is 15.8 Å². The third kappa shape index (κ3) is 3.64. The highest BCUT2D eigenvalue weighted by Crippen LogP contribution is 2.08. The summed E-state index contributed by atoms with van der Waals surface area (Å²) in [6, 6.07) is 3.25. The summed E-state index contributed by atoms with van der Waals surface area (Å²) in [4.78, 5) is 4.00. The van der Waals surface area contributed by atoms with Gasteiger partial charge in [-0.1, -0.05) is 0 Å². The first-order valence-corrected chi connectivity index (χ1v) is 7.14. The lowest BCUT2D eigenvalue weighted by Crippen LogP contribution is -2.45. The summed E-state index contributed by atoms with van der Waals surface area (Å²) in [5, 5.41) is 11.4. The second kappa shape index (κ2) is 5.61. The molecule has 1 aromatic heterocycles. The highest BCUT2D eigenvalue weighted by molar-refractivity contribution is 7.89. The fourth-order valence-electron chi connectivity index (χ4n) is 1.63. The maximum absolute atomic E-state index is 11.0. The van der Waals surface area contributed by atoms with Crippen molar-refractivity contribution in [2.45, 2.75) is 10.9 Å². The van der Waals surface area contributed by atoms with Gasteiger partial charge in [-0.25, -0.2) is 18.5 Å². The van der Waals surface area contributed by atoms with Gasteiger partial charge in [0.1, 0.15) is 10.7 Å². The molecule has 0 saturated carbocycles. The Kier molecular flexibility index (Phi) is 4.12. The van der Waals surface area contributed by atoms with Gasteiger partial charge in [0.05, 0.1) is 13.2 Å². The zero-order valence-electron chi connectivity index (χ0n) is 9.80. The Hall–Kier alpha value is -1.22. The molecule has 1 saturated heterocycles. The highest BCUT2D eigenvalue weighted by Gasteiger charge is 2.13. The Labute approximate surface area is 106 Å². The van der Waals surface area contributed by atoms with Crippen molar-refractivity contribution in [3.63, 3.8) is 0 Å². The van der Waals surface area contributed by atoms with Crippen LogP contribution >= 0.6 is 0 Å². The lowest BCUT2D eigenvalue weighted by atomic mass is 10.3. The van der Waals surface area contributed by atoms with Gasteiger partial charge in [0.2, 0.25) is 10.0 Å². The first-order valence-electron chi connectivity index (χ1n) is 5.59. The molecule has 1 fully saturated rings. The number of nitrogens with one attached hydrogen (secondary N) is 2. The lowest BCUT2D eigenvalue weighted by molar-refractivity contribution is 0.0806. The van der Waals surface area contributed by atoms with Crippen molar-refractivity contribution in [2.75, 3.05) is 31.6 Å². The molecular formula is C10H16N4O3S. The van der Waals surface area contributed by atoms with E-state index in [2.05, 4.69) is 15.6 Å². The summed E-state index contributed by atoms with van der Waals surface area (Å²) in [6.45, 7) is 2.89. The van der Waals surface area contributed by atoms with Crippen LogP contribution in [-0.4, -0.2) is 45.7 Å². The molecule has 2 rings (SSSR count). The Morgan fingerprint density at radius 1 is 1.56 bits per heavy atom. The molecule has 0 bridgehead atoms. The molecule has 1 aliphatic rings. The molecule has 18 heavy (non-hydrogen) atoms. The summed E-state index contributed by atoms with van der Waals surface area (Å²) < 4.78 is 27.4. The molecule has 1 aromatic rings. The van der Waals surface area contributed by atoms with Gasteiger partial charge in [-0.3, -0.25) is 0 Å². The Morgan fingerprint density at radius 2 is 2.39 bits per heavy atom. The van der Waals surface area contributed by atoms with Gasteiger partial charge in [0.15, 0.2) is 0 Å². The van der Waals surface area contributed by atoms with E-state index in [0.717, 1.165) is 13.2 Å². The van der Waals surface area contributed by atoms with Crippen molar-refractivity contribution in [1.82, 2.24) is 10.3 Å². The molecule has 0 radical (unpaired) electrons. The molecular weight excluding hydrogens is 256 g/mol. The van der Waals surface area contributed by atoms with Crippen LogP contribution in [0.5, 0.6) is 0 Å². The van der Waals surface area contributed by atoms with Gasteiger partial charge in [0, 0.05) is 25.3 Å². The van der Waals surface area contributed by atoms with Crippen LogP contribution < -0.4 is 15.8 Å². The van der Waals surface area contributed by atoms with Crippen molar-refractivity contribution in [1.29, 1.82) is 0 Å². The summed E-state index contributed by atoms with van der Waals surface area (Å²) >= 11 is 0. The van der Waals surface area contributed by atoms with Gasteiger partial charge in [-0.15, -0.1) is 0 Å². The topological polar surface area (TPSA) is 106 Å². The highest BCUT2D eigenvalue weighted by atomic mass is 32.2. The van der Waals surface area contributed by atoms with Gasteiger partial charge in [-0.05, 0) is 12.1 Å². The fraction of sp³-hybridized carbons (Fsp3) is 0.500. The van der Waals surface area contributed by atoms with E-state index in [0.29, 0.717) is 19.0 Å². The molecule has 1 aliphatic heterocycles. The molecule has 1 atom stereocenters.